The van der Waals surface area contributed by atoms with Crippen LogP contribution in [0.5, 0.6) is 0 Å². The zero-order valence-corrected chi connectivity index (χ0v) is 9.41. The molecule has 1 amide bonds. The summed E-state index contributed by atoms with van der Waals surface area (Å²) in [5.41, 5.74) is 0. The van der Waals surface area contributed by atoms with Crippen molar-refractivity contribution in [3.05, 3.63) is 0 Å². The molecule has 1 aliphatic heterocycles. The molecule has 0 aromatic rings. The van der Waals surface area contributed by atoms with Crippen LogP contribution in [0.15, 0.2) is 0 Å². The van der Waals surface area contributed by atoms with Crippen LogP contribution < -0.4 is 10.6 Å². The number of carbonyl (C=O) groups excluding carboxylic acids is 1. The monoisotopic (exact) mass is 216 g/mol. The lowest BCUT2D eigenvalue weighted by atomic mass is 10.2. The second-order valence-corrected chi connectivity index (χ2v) is 3.89. The first kappa shape index (κ1) is 12.4. The highest BCUT2D eigenvalue weighted by molar-refractivity contribution is 5.81. The van der Waals surface area contributed by atoms with Crippen LogP contribution in [0.4, 0.5) is 0 Å². The number of carbonyl (C=O) groups is 1. The highest BCUT2D eigenvalue weighted by Crippen LogP contribution is 1.95. The number of hydrogen-bond acceptors (Lipinski definition) is 4. The third-order valence-corrected chi connectivity index (χ3v) is 2.31. The van der Waals surface area contributed by atoms with Crippen LogP contribution in [-0.2, 0) is 14.3 Å². The molecule has 1 fully saturated rings. The number of ether oxygens (including phenoxy) is 2. The minimum atomic E-state index is -0.200. The van der Waals surface area contributed by atoms with Crippen LogP contribution in [0.25, 0.3) is 0 Å². The molecule has 1 rings (SSSR count). The van der Waals surface area contributed by atoms with Crippen molar-refractivity contribution in [3.8, 4) is 0 Å². The molecule has 15 heavy (non-hydrogen) atoms. The second-order valence-electron chi connectivity index (χ2n) is 3.89. The molecule has 1 heterocycles. The third kappa shape index (κ3) is 4.59. The molecule has 0 spiro atoms. The fourth-order valence-electron chi connectivity index (χ4n) is 1.48. The number of rotatable bonds is 5. The molecule has 0 bridgehead atoms. The lowest BCUT2D eigenvalue weighted by Gasteiger charge is -2.23. The highest BCUT2D eigenvalue weighted by Gasteiger charge is 2.20. The highest BCUT2D eigenvalue weighted by atomic mass is 16.5. The van der Waals surface area contributed by atoms with Crippen molar-refractivity contribution in [2.45, 2.75) is 13.0 Å². The maximum Gasteiger partial charge on any atom is 0.239 e. The zero-order valence-electron chi connectivity index (χ0n) is 9.41. The SMILES string of the molecule is COCC(C)CNC(=O)C1COCCN1. The van der Waals surface area contributed by atoms with Gasteiger partial charge in [-0.3, -0.25) is 4.79 Å². The van der Waals surface area contributed by atoms with Crippen molar-refractivity contribution in [2.24, 2.45) is 5.92 Å². The Morgan fingerprint density at radius 2 is 2.53 bits per heavy atom. The van der Waals surface area contributed by atoms with Gasteiger partial charge in [-0.2, -0.15) is 0 Å². The normalized spacial score (nSPS) is 23.5. The first-order chi connectivity index (χ1) is 7.24. The molecule has 2 unspecified atom stereocenters. The Hall–Kier alpha value is -0.650. The first-order valence-corrected chi connectivity index (χ1v) is 5.31. The van der Waals surface area contributed by atoms with Gasteiger partial charge < -0.3 is 20.1 Å². The van der Waals surface area contributed by atoms with Gasteiger partial charge in [-0.05, 0) is 5.92 Å². The summed E-state index contributed by atoms with van der Waals surface area (Å²) in [4.78, 5) is 11.6. The van der Waals surface area contributed by atoms with E-state index in [0.29, 0.717) is 32.3 Å². The van der Waals surface area contributed by atoms with Crippen LogP contribution in [-0.4, -0.2) is 52.0 Å². The van der Waals surface area contributed by atoms with Gasteiger partial charge in [0, 0.05) is 20.2 Å². The Labute approximate surface area is 90.5 Å². The van der Waals surface area contributed by atoms with Gasteiger partial charge in [0.15, 0.2) is 0 Å². The van der Waals surface area contributed by atoms with Crippen molar-refractivity contribution in [3.63, 3.8) is 0 Å². The van der Waals surface area contributed by atoms with Crippen LogP contribution in [0.3, 0.4) is 0 Å². The van der Waals surface area contributed by atoms with Crippen molar-refractivity contribution < 1.29 is 14.3 Å². The van der Waals surface area contributed by atoms with Gasteiger partial charge in [-0.1, -0.05) is 6.92 Å². The largest absolute Gasteiger partial charge is 0.384 e. The van der Waals surface area contributed by atoms with E-state index in [4.69, 9.17) is 9.47 Å². The van der Waals surface area contributed by atoms with Gasteiger partial charge in [-0.25, -0.2) is 0 Å². The lowest BCUT2D eigenvalue weighted by molar-refractivity contribution is -0.126. The van der Waals surface area contributed by atoms with E-state index in [1.54, 1.807) is 7.11 Å². The predicted octanol–water partition coefficient (Wildman–Crippen LogP) is -0.626. The average molecular weight is 216 g/mol. The number of morpholine rings is 1. The minimum Gasteiger partial charge on any atom is -0.384 e. The van der Waals surface area contributed by atoms with Crippen molar-refractivity contribution in [2.75, 3.05) is 40.0 Å². The van der Waals surface area contributed by atoms with Gasteiger partial charge >= 0.3 is 0 Å². The van der Waals surface area contributed by atoms with Crippen molar-refractivity contribution >= 4 is 5.91 Å². The molecule has 2 atom stereocenters. The molecule has 1 saturated heterocycles. The summed E-state index contributed by atoms with van der Waals surface area (Å²) in [5, 5.41) is 5.98. The summed E-state index contributed by atoms with van der Waals surface area (Å²) in [6.45, 7) is 5.23. The van der Waals surface area contributed by atoms with Crippen LogP contribution in [0.1, 0.15) is 6.92 Å². The van der Waals surface area contributed by atoms with E-state index >= 15 is 0 Å². The molecular formula is C10H20N2O3. The molecule has 1 aliphatic rings. The summed E-state index contributed by atoms with van der Waals surface area (Å²) in [6.07, 6.45) is 0. The topological polar surface area (TPSA) is 59.6 Å². The van der Waals surface area contributed by atoms with Crippen molar-refractivity contribution in [1.82, 2.24) is 10.6 Å². The Kier molecular flexibility index (Phi) is 5.60. The first-order valence-electron chi connectivity index (χ1n) is 5.31. The lowest BCUT2D eigenvalue weighted by Crippen LogP contribution is -2.51. The van der Waals surface area contributed by atoms with E-state index < -0.39 is 0 Å². The fraction of sp³-hybridized carbons (Fsp3) is 0.900. The van der Waals surface area contributed by atoms with Crippen LogP contribution >= 0.6 is 0 Å². The standard InChI is InChI=1S/C10H20N2O3/c1-8(6-14-2)5-12-10(13)9-7-15-4-3-11-9/h8-9,11H,3-7H2,1-2H3,(H,12,13). The Morgan fingerprint density at radius 3 is 3.13 bits per heavy atom. The molecule has 2 N–H and O–H groups in total. The third-order valence-electron chi connectivity index (χ3n) is 2.31. The molecule has 0 saturated carbocycles. The van der Waals surface area contributed by atoms with Gasteiger partial charge in [-0.15, -0.1) is 0 Å². The van der Waals surface area contributed by atoms with E-state index in [1.165, 1.54) is 0 Å². The minimum absolute atomic E-state index is 0.0117. The Bertz CT molecular complexity index is 193. The quantitative estimate of drug-likeness (QED) is 0.642. The average Bonchev–Trinajstić information content (AvgIpc) is 2.27. The molecule has 88 valence electrons. The summed E-state index contributed by atoms with van der Waals surface area (Å²) < 4.78 is 10.2. The molecule has 5 nitrogen and oxygen atoms in total. The van der Waals surface area contributed by atoms with E-state index in [0.717, 1.165) is 6.54 Å². The molecule has 5 heteroatoms. The Balaban J connectivity index is 2.16. The van der Waals surface area contributed by atoms with E-state index in [2.05, 4.69) is 10.6 Å². The van der Waals surface area contributed by atoms with Crippen LogP contribution in [0.2, 0.25) is 0 Å². The van der Waals surface area contributed by atoms with Crippen LogP contribution in [0, 0.1) is 5.92 Å². The van der Waals surface area contributed by atoms with Gasteiger partial charge in [0.2, 0.25) is 5.91 Å². The molecule has 0 aromatic heterocycles. The number of methoxy groups -OCH3 is 1. The molecular weight excluding hydrogens is 196 g/mol. The molecule has 0 radical (unpaired) electrons. The van der Waals surface area contributed by atoms with Gasteiger partial charge in [0.25, 0.3) is 0 Å². The van der Waals surface area contributed by atoms with E-state index in [-0.39, 0.29) is 11.9 Å². The summed E-state index contributed by atoms with van der Waals surface area (Å²) in [7, 11) is 1.66. The predicted molar refractivity (Wildman–Crippen MR) is 56.7 cm³/mol. The molecule has 0 aliphatic carbocycles. The summed E-state index contributed by atoms with van der Waals surface area (Å²) >= 11 is 0. The van der Waals surface area contributed by atoms with E-state index in [9.17, 15) is 4.79 Å². The summed E-state index contributed by atoms with van der Waals surface area (Å²) in [6, 6.07) is -0.200. The van der Waals surface area contributed by atoms with Crippen molar-refractivity contribution in [1.29, 1.82) is 0 Å². The second kappa shape index (κ2) is 6.76. The van der Waals surface area contributed by atoms with E-state index in [1.807, 2.05) is 6.92 Å². The number of amides is 1. The maximum atomic E-state index is 11.6. The number of nitrogens with one attached hydrogen (secondary N) is 2. The van der Waals surface area contributed by atoms with Gasteiger partial charge in [0.05, 0.1) is 19.8 Å². The zero-order chi connectivity index (χ0) is 11.1. The Morgan fingerprint density at radius 1 is 1.73 bits per heavy atom. The maximum absolute atomic E-state index is 11.6. The smallest absolute Gasteiger partial charge is 0.239 e. The van der Waals surface area contributed by atoms with Gasteiger partial charge in [0.1, 0.15) is 6.04 Å². The summed E-state index contributed by atoms with van der Waals surface area (Å²) in [5.74, 6) is 0.348. The number of hydrogen-bond donors (Lipinski definition) is 2. The fourth-order valence-corrected chi connectivity index (χ4v) is 1.48. The molecule has 0 aromatic carbocycles.